The number of fused-ring (bicyclic) bond motifs is 1. The molecule has 2 aromatic rings. The third kappa shape index (κ3) is 1.68. The van der Waals surface area contributed by atoms with Crippen molar-refractivity contribution in [1.82, 2.24) is 5.01 Å². The van der Waals surface area contributed by atoms with E-state index in [9.17, 15) is 0 Å². The van der Waals surface area contributed by atoms with Gasteiger partial charge >= 0.3 is 0 Å². The molecule has 1 aromatic heterocycles. The molecule has 1 aliphatic rings. The maximum atomic E-state index is 7.38. The normalized spacial score (nSPS) is 15.3. The second kappa shape index (κ2) is 3.85. The van der Waals surface area contributed by atoms with Crippen LogP contribution >= 0.6 is 11.3 Å². The summed E-state index contributed by atoms with van der Waals surface area (Å²) in [4.78, 5) is 0. The molecule has 0 fully saturated rings. The third-order valence-electron chi connectivity index (χ3n) is 2.87. The summed E-state index contributed by atoms with van der Waals surface area (Å²) in [5.74, 6) is 0.0124. The molecule has 0 spiro atoms. The Bertz CT molecular complexity index is 614. The number of guanidine groups is 1. The van der Waals surface area contributed by atoms with Gasteiger partial charge in [-0.25, -0.2) is 5.01 Å². The van der Waals surface area contributed by atoms with Crippen molar-refractivity contribution >= 4 is 33.1 Å². The minimum absolute atomic E-state index is 0.0124. The zero-order valence-electron chi connectivity index (χ0n) is 9.18. The molecule has 0 saturated heterocycles. The highest BCUT2D eigenvalue weighted by Crippen LogP contribution is 2.27. The average molecular weight is 244 g/mol. The van der Waals surface area contributed by atoms with Crippen molar-refractivity contribution < 1.29 is 0 Å². The van der Waals surface area contributed by atoms with Gasteiger partial charge in [-0.05, 0) is 16.8 Å². The van der Waals surface area contributed by atoms with E-state index in [1.54, 1.807) is 16.3 Å². The van der Waals surface area contributed by atoms with Crippen LogP contribution in [0.25, 0.3) is 10.1 Å². The maximum Gasteiger partial charge on any atom is 0.209 e. The van der Waals surface area contributed by atoms with Crippen molar-refractivity contribution in [1.29, 1.82) is 5.41 Å². The van der Waals surface area contributed by atoms with E-state index in [0.717, 1.165) is 12.1 Å². The molecule has 0 amide bonds. The average Bonchev–Trinajstić information content (AvgIpc) is 2.97. The van der Waals surface area contributed by atoms with E-state index in [1.807, 2.05) is 6.07 Å². The first-order valence-corrected chi connectivity index (χ1v) is 6.29. The monoisotopic (exact) mass is 244 g/mol. The molecule has 0 atom stereocenters. The number of hydrogen-bond acceptors (Lipinski definition) is 3. The Balaban J connectivity index is 2.08. The summed E-state index contributed by atoms with van der Waals surface area (Å²) in [6, 6.07) is 8.35. The van der Waals surface area contributed by atoms with E-state index >= 15 is 0 Å². The zero-order valence-corrected chi connectivity index (χ0v) is 10.00. The Labute approximate surface area is 103 Å². The first kappa shape index (κ1) is 10.3. The van der Waals surface area contributed by atoms with Gasteiger partial charge in [0.25, 0.3) is 0 Å². The van der Waals surface area contributed by atoms with Gasteiger partial charge in [0.1, 0.15) is 0 Å². The highest BCUT2D eigenvalue weighted by atomic mass is 32.1. The minimum Gasteiger partial charge on any atom is -0.369 e. The van der Waals surface area contributed by atoms with Gasteiger partial charge in [0.2, 0.25) is 5.96 Å². The van der Waals surface area contributed by atoms with Crippen molar-refractivity contribution in [2.24, 2.45) is 10.8 Å². The molecular formula is C12H12N4S. The van der Waals surface area contributed by atoms with E-state index in [1.165, 1.54) is 15.6 Å². The van der Waals surface area contributed by atoms with Crippen LogP contribution < -0.4 is 5.73 Å². The lowest BCUT2D eigenvalue weighted by atomic mass is 10.1. The van der Waals surface area contributed by atoms with Crippen LogP contribution in [0.2, 0.25) is 0 Å². The Kier molecular flexibility index (Phi) is 2.33. The molecule has 4 nitrogen and oxygen atoms in total. The van der Waals surface area contributed by atoms with Gasteiger partial charge in [0.15, 0.2) is 0 Å². The largest absolute Gasteiger partial charge is 0.369 e. The fourth-order valence-electron chi connectivity index (χ4n) is 2.04. The lowest BCUT2D eigenvalue weighted by Gasteiger charge is -2.08. The number of rotatable bonds is 1. The van der Waals surface area contributed by atoms with Crippen LogP contribution in [0.1, 0.15) is 12.0 Å². The Hall–Kier alpha value is -1.88. The van der Waals surface area contributed by atoms with Crippen LogP contribution in [0.3, 0.4) is 0 Å². The number of benzene rings is 1. The quantitative estimate of drug-likeness (QED) is 0.596. The topological polar surface area (TPSA) is 65.5 Å². The molecule has 86 valence electrons. The SMILES string of the molecule is N=C(N)N1CCC(c2cccc3ccsc23)=N1. The van der Waals surface area contributed by atoms with Crippen molar-refractivity contribution in [3.63, 3.8) is 0 Å². The summed E-state index contributed by atoms with van der Waals surface area (Å²) in [7, 11) is 0. The van der Waals surface area contributed by atoms with Crippen molar-refractivity contribution in [3.8, 4) is 0 Å². The number of nitrogens with zero attached hydrogens (tertiary/aromatic N) is 2. The molecule has 0 aliphatic carbocycles. The van der Waals surface area contributed by atoms with E-state index in [-0.39, 0.29) is 5.96 Å². The molecule has 5 heteroatoms. The summed E-state index contributed by atoms with van der Waals surface area (Å²) in [5.41, 5.74) is 7.62. The van der Waals surface area contributed by atoms with Gasteiger partial charge in [0.05, 0.1) is 12.3 Å². The first-order valence-electron chi connectivity index (χ1n) is 5.41. The van der Waals surface area contributed by atoms with Gasteiger partial charge in [-0.3, -0.25) is 5.41 Å². The van der Waals surface area contributed by atoms with Crippen LogP contribution in [0, 0.1) is 5.41 Å². The Morgan fingerprint density at radius 2 is 2.29 bits per heavy atom. The molecule has 17 heavy (non-hydrogen) atoms. The predicted molar refractivity (Wildman–Crippen MR) is 71.6 cm³/mol. The number of nitrogens with one attached hydrogen (secondary N) is 1. The van der Waals surface area contributed by atoms with Crippen LogP contribution in [0.15, 0.2) is 34.7 Å². The molecule has 0 unspecified atom stereocenters. The van der Waals surface area contributed by atoms with Gasteiger partial charge in [-0.15, -0.1) is 11.3 Å². The number of nitrogens with two attached hydrogens (primary N) is 1. The van der Waals surface area contributed by atoms with Gasteiger partial charge in [-0.2, -0.15) is 5.10 Å². The Morgan fingerprint density at radius 1 is 1.41 bits per heavy atom. The summed E-state index contributed by atoms with van der Waals surface area (Å²) in [6.45, 7) is 0.701. The van der Waals surface area contributed by atoms with Crippen molar-refractivity contribution in [2.45, 2.75) is 6.42 Å². The molecular weight excluding hydrogens is 232 g/mol. The summed E-state index contributed by atoms with van der Waals surface area (Å²) in [6.07, 6.45) is 0.844. The fraction of sp³-hybridized carbons (Fsp3) is 0.167. The van der Waals surface area contributed by atoms with Gasteiger partial charge in [-0.1, -0.05) is 18.2 Å². The van der Waals surface area contributed by atoms with Crippen LogP contribution in [-0.4, -0.2) is 23.2 Å². The van der Waals surface area contributed by atoms with E-state index < -0.39 is 0 Å². The highest BCUT2D eigenvalue weighted by Gasteiger charge is 2.19. The summed E-state index contributed by atoms with van der Waals surface area (Å²) >= 11 is 1.73. The second-order valence-corrected chi connectivity index (χ2v) is 4.87. The number of thiophene rings is 1. The highest BCUT2D eigenvalue weighted by molar-refractivity contribution is 7.17. The third-order valence-corrected chi connectivity index (χ3v) is 3.83. The van der Waals surface area contributed by atoms with Crippen LogP contribution in [-0.2, 0) is 0 Å². The summed E-state index contributed by atoms with van der Waals surface area (Å²) in [5, 5.41) is 16.7. The molecule has 2 heterocycles. The molecule has 1 aromatic carbocycles. The zero-order chi connectivity index (χ0) is 11.8. The maximum absolute atomic E-state index is 7.38. The fourth-order valence-corrected chi connectivity index (χ4v) is 2.98. The molecule has 0 bridgehead atoms. The van der Waals surface area contributed by atoms with Gasteiger partial charge < -0.3 is 5.73 Å². The van der Waals surface area contributed by atoms with Crippen molar-refractivity contribution in [3.05, 3.63) is 35.2 Å². The minimum atomic E-state index is 0.0124. The Morgan fingerprint density at radius 3 is 3.06 bits per heavy atom. The second-order valence-electron chi connectivity index (χ2n) is 3.95. The van der Waals surface area contributed by atoms with E-state index in [2.05, 4.69) is 28.7 Å². The standard InChI is InChI=1S/C12H12N4S/c13-12(14)16-6-4-10(15-16)9-3-1-2-8-5-7-17-11(8)9/h1-3,5,7H,4,6H2,(H3,13,14). The van der Waals surface area contributed by atoms with Gasteiger partial charge in [0, 0.05) is 16.7 Å². The number of hydrazone groups is 1. The molecule has 3 rings (SSSR count). The van der Waals surface area contributed by atoms with E-state index in [0.29, 0.717) is 6.54 Å². The molecule has 1 aliphatic heterocycles. The van der Waals surface area contributed by atoms with Crippen LogP contribution in [0.4, 0.5) is 0 Å². The molecule has 0 saturated carbocycles. The molecule has 3 N–H and O–H groups in total. The molecule has 0 radical (unpaired) electrons. The van der Waals surface area contributed by atoms with E-state index in [4.69, 9.17) is 11.1 Å². The predicted octanol–water partition coefficient (Wildman–Crippen LogP) is 2.20. The first-order chi connectivity index (χ1) is 8.25. The summed E-state index contributed by atoms with van der Waals surface area (Å²) < 4.78 is 1.26. The lowest BCUT2D eigenvalue weighted by Crippen LogP contribution is -2.29. The lowest BCUT2D eigenvalue weighted by molar-refractivity contribution is 0.482. The smallest absolute Gasteiger partial charge is 0.209 e. The van der Waals surface area contributed by atoms with Crippen molar-refractivity contribution in [2.75, 3.05) is 6.54 Å². The van der Waals surface area contributed by atoms with Crippen LogP contribution in [0.5, 0.6) is 0 Å². The number of hydrogen-bond donors (Lipinski definition) is 2.